The van der Waals surface area contributed by atoms with Crippen LogP contribution in [0.2, 0.25) is 0 Å². The standard InChI is InChI=1S/C26H19F4N3O4/c1-12-3-5-15(9-13(12)2)21-17(26(28,29)30)7-6-16-22(21)31-24(35)23(16)33-32-19-8-4-14(11-20(19)34)10-18(27)25(36)37/h3-11,31,34-35H,1-2H3,(H,36,37). The average Bonchev–Trinajstić information content (AvgIpc) is 3.14. The summed E-state index contributed by atoms with van der Waals surface area (Å²) in [4.78, 5) is 13.2. The number of carboxylic acids is 1. The number of carbonyl (C=O) groups is 1. The number of carboxylic acid groups (broad SMARTS) is 1. The minimum absolute atomic E-state index is 0.00150. The van der Waals surface area contributed by atoms with Crippen LogP contribution in [-0.2, 0) is 11.0 Å². The Balaban J connectivity index is 1.83. The summed E-state index contributed by atoms with van der Waals surface area (Å²) < 4.78 is 55.0. The predicted octanol–water partition coefficient (Wildman–Crippen LogP) is 7.69. The van der Waals surface area contributed by atoms with Gasteiger partial charge in [0, 0.05) is 10.9 Å². The topological polar surface area (TPSA) is 118 Å². The molecule has 190 valence electrons. The number of nitrogens with one attached hydrogen (secondary N) is 1. The van der Waals surface area contributed by atoms with Gasteiger partial charge in [-0.15, -0.1) is 10.2 Å². The third kappa shape index (κ3) is 5.01. The van der Waals surface area contributed by atoms with E-state index in [9.17, 15) is 32.6 Å². The molecule has 3 aromatic carbocycles. The van der Waals surface area contributed by atoms with E-state index in [1.807, 2.05) is 6.92 Å². The number of alkyl halides is 3. The van der Waals surface area contributed by atoms with Crippen molar-refractivity contribution in [1.82, 2.24) is 4.98 Å². The summed E-state index contributed by atoms with van der Waals surface area (Å²) in [7, 11) is 0. The lowest BCUT2D eigenvalue weighted by atomic mass is 9.94. The lowest BCUT2D eigenvalue weighted by molar-refractivity contribution is -0.137. The van der Waals surface area contributed by atoms with Crippen LogP contribution in [0.4, 0.5) is 28.9 Å². The van der Waals surface area contributed by atoms with Crippen molar-refractivity contribution >= 4 is 34.3 Å². The molecule has 37 heavy (non-hydrogen) atoms. The molecule has 4 N–H and O–H groups in total. The Hall–Kier alpha value is -4.67. The Kier molecular flexibility index (Phi) is 6.47. The molecule has 4 rings (SSSR count). The van der Waals surface area contributed by atoms with E-state index in [4.69, 9.17) is 5.11 Å². The van der Waals surface area contributed by atoms with E-state index in [0.29, 0.717) is 11.6 Å². The molecule has 0 saturated carbocycles. The van der Waals surface area contributed by atoms with Gasteiger partial charge >= 0.3 is 12.1 Å². The van der Waals surface area contributed by atoms with E-state index >= 15 is 0 Å². The third-order valence-corrected chi connectivity index (χ3v) is 5.78. The van der Waals surface area contributed by atoms with Crippen LogP contribution >= 0.6 is 0 Å². The monoisotopic (exact) mass is 513 g/mol. The largest absolute Gasteiger partial charge is 0.506 e. The molecule has 0 saturated heterocycles. The molecule has 0 radical (unpaired) electrons. The maximum Gasteiger partial charge on any atom is 0.417 e. The number of hydrogen-bond donors (Lipinski definition) is 4. The van der Waals surface area contributed by atoms with E-state index in [1.54, 1.807) is 25.1 Å². The van der Waals surface area contributed by atoms with Crippen LogP contribution in [0.15, 0.2) is 64.6 Å². The van der Waals surface area contributed by atoms with Gasteiger partial charge in [0.1, 0.15) is 11.4 Å². The Morgan fingerprint density at radius 1 is 0.973 bits per heavy atom. The number of aromatic amines is 1. The summed E-state index contributed by atoms with van der Waals surface area (Å²) in [6, 6.07) is 10.5. The fourth-order valence-corrected chi connectivity index (χ4v) is 3.80. The lowest BCUT2D eigenvalue weighted by Gasteiger charge is -2.15. The van der Waals surface area contributed by atoms with Crippen LogP contribution in [0.3, 0.4) is 0 Å². The lowest BCUT2D eigenvalue weighted by Crippen LogP contribution is -2.07. The van der Waals surface area contributed by atoms with Crippen molar-refractivity contribution in [2.45, 2.75) is 20.0 Å². The second kappa shape index (κ2) is 9.41. The molecule has 0 aliphatic rings. The first kappa shape index (κ1) is 25.4. The number of azo groups is 1. The number of phenolic OH excluding ortho intramolecular Hbond substituents is 1. The molecular formula is C26H19F4N3O4. The molecule has 7 nitrogen and oxygen atoms in total. The second-order valence-electron chi connectivity index (χ2n) is 8.28. The summed E-state index contributed by atoms with van der Waals surface area (Å²) in [6.07, 6.45) is -3.98. The van der Waals surface area contributed by atoms with Gasteiger partial charge in [-0.05, 0) is 66.4 Å². The smallest absolute Gasteiger partial charge is 0.417 e. The number of nitrogens with zero attached hydrogens (tertiary/aromatic N) is 2. The van der Waals surface area contributed by atoms with Crippen molar-refractivity contribution in [3.05, 3.63) is 76.6 Å². The predicted molar refractivity (Wildman–Crippen MR) is 129 cm³/mol. The van der Waals surface area contributed by atoms with Gasteiger partial charge in [-0.2, -0.15) is 17.6 Å². The van der Waals surface area contributed by atoms with Crippen molar-refractivity contribution < 1.29 is 37.7 Å². The van der Waals surface area contributed by atoms with Gasteiger partial charge in [0.15, 0.2) is 5.69 Å². The Bertz CT molecular complexity index is 1600. The van der Waals surface area contributed by atoms with Gasteiger partial charge in [0.25, 0.3) is 0 Å². The molecule has 0 bridgehead atoms. The first-order valence-corrected chi connectivity index (χ1v) is 10.7. The van der Waals surface area contributed by atoms with Gasteiger partial charge in [-0.1, -0.05) is 24.3 Å². The van der Waals surface area contributed by atoms with Gasteiger partial charge in [0.05, 0.1) is 11.1 Å². The van der Waals surface area contributed by atoms with Crippen LogP contribution in [-0.4, -0.2) is 26.3 Å². The summed E-state index contributed by atoms with van der Waals surface area (Å²) in [5.41, 5.74) is 0.697. The first-order valence-electron chi connectivity index (χ1n) is 10.7. The zero-order chi connectivity index (χ0) is 27.1. The number of fused-ring (bicyclic) bond motifs is 1. The van der Waals surface area contributed by atoms with E-state index in [2.05, 4.69) is 15.2 Å². The van der Waals surface area contributed by atoms with Gasteiger partial charge in [0.2, 0.25) is 11.7 Å². The zero-order valence-electron chi connectivity index (χ0n) is 19.4. The highest BCUT2D eigenvalue weighted by atomic mass is 19.4. The normalized spacial score (nSPS) is 12.5. The minimum atomic E-state index is -4.67. The molecule has 1 heterocycles. The highest BCUT2D eigenvalue weighted by Crippen LogP contribution is 2.46. The molecule has 4 aromatic rings. The van der Waals surface area contributed by atoms with Gasteiger partial charge in [-0.25, -0.2) is 4.79 Å². The average molecular weight is 513 g/mol. The molecule has 1 aromatic heterocycles. The van der Waals surface area contributed by atoms with Crippen molar-refractivity contribution in [1.29, 1.82) is 0 Å². The van der Waals surface area contributed by atoms with Crippen LogP contribution in [0, 0.1) is 13.8 Å². The molecule has 0 spiro atoms. The van der Waals surface area contributed by atoms with Crippen LogP contribution in [0.25, 0.3) is 28.1 Å². The van der Waals surface area contributed by atoms with Crippen LogP contribution < -0.4 is 0 Å². The maximum atomic E-state index is 13.9. The number of halogens is 4. The number of aromatic nitrogens is 1. The van der Waals surface area contributed by atoms with Crippen molar-refractivity contribution in [2.75, 3.05) is 0 Å². The number of H-pyrrole nitrogens is 1. The molecular weight excluding hydrogens is 494 g/mol. The van der Waals surface area contributed by atoms with E-state index in [1.165, 1.54) is 12.1 Å². The number of hydrogen-bond acceptors (Lipinski definition) is 5. The Morgan fingerprint density at radius 2 is 1.70 bits per heavy atom. The highest BCUT2D eigenvalue weighted by Gasteiger charge is 2.35. The van der Waals surface area contributed by atoms with Crippen molar-refractivity contribution in [3.63, 3.8) is 0 Å². The number of phenols is 1. The molecule has 0 aliphatic heterocycles. The fraction of sp³-hybridized carbons (Fsp3) is 0.115. The number of aryl methyl sites for hydroxylation is 2. The summed E-state index contributed by atoms with van der Waals surface area (Å²) in [6.45, 7) is 3.62. The van der Waals surface area contributed by atoms with E-state index in [-0.39, 0.29) is 33.4 Å². The third-order valence-electron chi connectivity index (χ3n) is 5.78. The molecule has 11 heteroatoms. The molecule has 0 fully saturated rings. The molecule has 0 atom stereocenters. The number of rotatable bonds is 5. The summed E-state index contributed by atoms with van der Waals surface area (Å²) in [5, 5.41) is 37.2. The number of benzene rings is 3. The molecule has 0 aliphatic carbocycles. The van der Waals surface area contributed by atoms with E-state index in [0.717, 1.165) is 29.3 Å². The highest BCUT2D eigenvalue weighted by molar-refractivity contribution is 6.04. The first-order chi connectivity index (χ1) is 17.4. The van der Waals surface area contributed by atoms with E-state index < -0.39 is 35.2 Å². The van der Waals surface area contributed by atoms with Gasteiger partial charge in [-0.3, -0.25) is 0 Å². The quantitative estimate of drug-likeness (QED) is 0.124. The Labute approximate surface area is 207 Å². The second-order valence-corrected chi connectivity index (χ2v) is 8.28. The van der Waals surface area contributed by atoms with Gasteiger partial charge < -0.3 is 20.3 Å². The summed E-state index contributed by atoms with van der Waals surface area (Å²) >= 11 is 0. The maximum absolute atomic E-state index is 13.9. The summed E-state index contributed by atoms with van der Waals surface area (Å²) in [5.74, 6) is -4.21. The molecule has 0 amide bonds. The van der Waals surface area contributed by atoms with Crippen molar-refractivity contribution in [3.8, 4) is 22.8 Å². The number of aliphatic carboxylic acids is 1. The van der Waals surface area contributed by atoms with Crippen LogP contribution in [0.5, 0.6) is 11.6 Å². The zero-order valence-corrected chi connectivity index (χ0v) is 19.4. The van der Waals surface area contributed by atoms with Crippen LogP contribution in [0.1, 0.15) is 22.3 Å². The SMILES string of the molecule is Cc1ccc(-c2c(C(F)(F)F)ccc3c(N=Nc4ccc(C=C(F)C(=O)O)cc4O)c(O)[nH]c23)cc1C. The molecule has 0 unspecified atom stereocenters. The Morgan fingerprint density at radius 3 is 2.32 bits per heavy atom. The minimum Gasteiger partial charge on any atom is -0.506 e. The van der Waals surface area contributed by atoms with Crippen molar-refractivity contribution in [2.24, 2.45) is 10.2 Å². The fourth-order valence-electron chi connectivity index (χ4n) is 3.80. The number of aromatic hydroxyl groups is 2.